The predicted octanol–water partition coefficient (Wildman–Crippen LogP) is 2.80. The van der Waals surface area contributed by atoms with Gasteiger partial charge in [-0.1, -0.05) is 12.2 Å². The summed E-state index contributed by atoms with van der Waals surface area (Å²) >= 11 is 3.69. The fourth-order valence-corrected chi connectivity index (χ4v) is 3.18. The third kappa shape index (κ3) is 2.17. The van der Waals surface area contributed by atoms with Gasteiger partial charge in [-0.3, -0.25) is 4.79 Å². The van der Waals surface area contributed by atoms with Crippen LogP contribution in [0.15, 0.2) is 23.6 Å². The van der Waals surface area contributed by atoms with Crippen molar-refractivity contribution >= 4 is 39.8 Å². The SMILES string of the molecule is O=C(NC1CC=CC1)c1sccc1I. The van der Waals surface area contributed by atoms with Gasteiger partial charge in [0, 0.05) is 9.61 Å². The van der Waals surface area contributed by atoms with Crippen LogP contribution in [0, 0.1) is 3.57 Å². The number of amides is 1. The third-order valence-electron chi connectivity index (χ3n) is 2.17. The third-order valence-corrected chi connectivity index (χ3v) is 4.34. The molecule has 0 spiro atoms. The Labute approximate surface area is 101 Å². The fourth-order valence-electron chi connectivity index (χ4n) is 1.44. The molecular formula is C10H10INOS. The standard InChI is InChI=1S/C10H10INOS/c11-8-5-6-14-9(8)10(13)12-7-3-1-2-4-7/h1-2,5-7H,3-4H2,(H,12,13). The monoisotopic (exact) mass is 319 g/mol. The normalized spacial score (nSPS) is 16.1. The zero-order valence-corrected chi connectivity index (χ0v) is 10.5. The van der Waals surface area contributed by atoms with Crippen LogP contribution in [0.2, 0.25) is 0 Å². The molecule has 0 unspecified atom stereocenters. The first-order valence-corrected chi connectivity index (χ1v) is 6.42. The average molecular weight is 319 g/mol. The topological polar surface area (TPSA) is 29.1 Å². The van der Waals surface area contributed by atoms with Crippen LogP contribution in [-0.4, -0.2) is 11.9 Å². The van der Waals surface area contributed by atoms with Crippen molar-refractivity contribution in [1.29, 1.82) is 0 Å². The molecule has 0 saturated heterocycles. The number of nitrogens with one attached hydrogen (secondary N) is 1. The largest absolute Gasteiger partial charge is 0.348 e. The molecule has 0 aromatic carbocycles. The lowest BCUT2D eigenvalue weighted by Crippen LogP contribution is -2.32. The van der Waals surface area contributed by atoms with E-state index in [2.05, 4.69) is 40.1 Å². The van der Waals surface area contributed by atoms with Gasteiger partial charge in [0.1, 0.15) is 4.88 Å². The number of halogens is 1. The van der Waals surface area contributed by atoms with Gasteiger partial charge >= 0.3 is 0 Å². The Hall–Kier alpha value is -0.360. The van der Waals surface area contributed by atoms with E-state index in [1.54, 1.807) is 0 Å². The molecule has 0 radical (unpaired) electrons. The smallest absolute Gasteiger partial charge is 0.262 e. The summed E-state index contributed by atoms with van der Waals surface area (Å²) in [6.07, 6.45) is 6.16. The molecule has 1 aliphatic rings. The molecule has 1 amide bonds. The molecule has 0 saturated carbocycles. The minimum absolute atomic E-state index is 0.0677. The molecule has 0 aliphatic heterocycles. The zero-order chi connectivity index (χ0) is 9.97. The van der Waals surface area contributed by atoms with Crippen molar-refractivity contribution in [2.45, 2.75) is 18.9 Å². The van der Waals surface area contributed by atoms with E-state index in [0.29, 0.717) is 6.04 Å². The van der Waals surface area contributed by atoms with Gasteiger partial charge in [-0.2, -0.15) is 0 Å². The second kappa shape index (κ2) is 4.44. The second-order valence-corrected chi connectivity index (χ2v) is 5.29. The summed E-state index contributed by atoms with van der Waals surface area (Å²) in [6, 6.07) is 2.27. The van der Waals surface area contributed by atoms with Crippen LogP contribution in [0.3, 0.4) is 0 Å². The van der Waals surface area contributed by atoms with Crippen LogP contribution in [0.1, 0.15) is 22.5 Å². The van der Waals surface area contributed by atoms with Crippen molar-refractivity contribution in [1.82, 2.24) is 5.32 Å². The highest BCUT2D eigenvalue weighted by Crippen LogP contribution is 2.19. The Balaban J connectivity index is 1.99. The van der Waals surface area contributed by atoms with Crippen LogP contribution >= 0.6 is 33.9 Å². The Morgan fingerprint density at radius 1 is 1.50 bits per heavy atom. The second-order valence-electron chi connectivity index (χ2n) is 3.21. The molecule has 1 aromatic rings. The number of hydrogen-bond donors (Lipinski definition) is 1. The molecule has 1 N–H and O–H groups in total. The van der Waals surface area contributed by atoms with Crippen LogP contribution in [0.25, 0.3) is 0 Å². The maximum Gasteiger partial charge on any atom is 0.262 e. The first-order chi connectivity index (χ1) is 6.77. The van der Waals surface area contributed by atoms with Gasteiger partial charge in [0.25, 0.3) is 5.91 Å². The van der Waals surface area contributed by atoms with Crippen molar-refractivity contribution in [3.63, 3.8) is 0 Å². The Morgan fingerprint density at radius 2 is 2.21 bits per heavy atom. The number of carbonyl (C=O) groups is 1. The number of hydrogen-bond acceptors (Lipinski definition) is 2. The van der Waals surface area contributed by atoms with E-state index < -0.39 is 0 Å². The summed E-state index contributed by atoms with van der Waals surface area (Å²) in [5.74, 6) is 0.0677. The summed E-state index contributed by atoms with van der Waals surface area (Å²) in [4.78, 5) is 12.6. The van der Waals surface area contributed by atoms with E-state index in [-0.39, 0.29) is 5.91 Å². The van der Waals surface area contributed by atoms with E-state index in [9.17, 15) is 4.79 Å². The molecule has 2 rings (SSSR count). The molecule has 4 heteroatoms. The number of carbonyl (C=O) groups excluding carboxylic acids is 1. The Kier molecular flexibility index (Phi) is 3.22. The Morgan fingerprint density at radius 3 is 2.79 bits per heavy atom. The van der Waals surface area contributed by atoms with Gasteiger partial charge in [0.2, 0.25) is 0 Å². The van der Waals surface area contributed by atoms with Crippen LogP contribution < -0.4 is 5.32 Å². The molecule has 0 atom stereocenters. The molecule has 2 nitrogen and oxygen atoms in total. The Bertz CT molecular complexity index is 364. The highest BCUT2D eigenvalue weighted by molar-refractivity contribution is 14.1. The van der Waals surface area contributed by atoms with Crippen LogP contribution in [0.4, 0.5) is 0 Å². The van der Waals surface area contributed by atoms with Crippen LogP contribution in [0.5, 0.6) is 0 Å². The summed E-state index contributed by atoms with van der Waals surface area (Å²) in [7, 11) is 0. The highest BCUT2D eigenvalue weighted by atomic mass is 127. The maximum absolute atomic E-state index is 11.7. The van der Waals surface area contributed by atoms with Crippen molar-refractivity contribution in [3.05, 3.63) is 32.0 Å². The zero-order valence-electron chi connectivity index (χ0n) is 7.50. The molecular weight excluding hydrogens is 309 g/mol. The van der Waals surface area contributed by atoms with E-state index in [1.807, 2.05) is 11.4 Å². The van der Waals surface area contributed by atoms with Crippen molar-refractivity contribution in [2.24, 2.45) is 0 Å². The lowest BCUT2D eigenvalue weighted by atomic mass is 10.2. The molecule has 0 fully saturated rings. The van der Waals surface area contributed by atoms with Gasteiger partial charge in [0.15, 0.2) is 0 Å². The van der Waals surface area contributed by atoms with Gasteiger partial charge in [0.05, 0.1) is 0 Å². The van der Waals surface area contributed by atoms with Crippen molar-refractivity contribution in [3.8, 4) is 0 Å². The maximum atomic E-state index is 11.7. The van der Waals surface area contributed by atoms with Crippen molar-refractivity contribution in [2.75, 3.05) is 0 Å². The lowest BCUT2D eigenvalue weighted by Gasteiger charge is -2.10. The average Bonchev–Trinajstić information content (AvgIpc) is 2.75. The summed E-state index contributed by atoms with van der Waals surface area (Å²) in [5, 5.41) is 4.97. The van der Waals surface area contributed by atoms with E-state index in [0.717, 1.165) is 21.3 Å². The number of rotatable bonds is 2. The first-order valence-electron chi connectivity index (χ1n) is 4.46. The summed E-state index contributed by atoms with van der Waals surface area (Å²) in [5.41, 5.74) is 0. The number of thiophene rings is 1. The minimum atomic E-state index is 0.0677. The molecule has 1 aliphatic carbocycles. The molecule has 74 valence electrons. The first kappa shape index (κ1) is 10.2. The lowest BCUT2D eigenvalue weighted by molar-refractivity contribution is 0.0942. The molecule has 0 bridgehead atoms. The quantitative estimate of drug-likeness (QED) is 0.659. The predicted molar refractivity (Wildman–Crippen MR) is 66.7 cm³/mol. The summed E-state index contributed by atoms with van der Waals surface area (Å²) in [6.45, 7) is 0. The van der Waals surface area contributed by atoms with Gasteiger partial charge < -0.3 is 5.32 Å². The van der Waals surface area contributed by atoms with Crippen molar-refractivity contribution < 1.29 is 4.79 Å². The van der Waals surface area contributed by atoms with E-state index in [4.69, 9.17) is 0 Å². The minimum Gasteiger partial charge on any atom is -0.348 e. The van der Waals surface area contributed by atoms with Gasteiger partial charge in [-0.25, -0.2) is 0 Å². The highest BCUT2D eigenvalue weighted by Gasteiger charge is 2.16. The summed E-state index contributed by atoms with van der Waals surface area (Å²) < 4.78 is 1.04. The van der Waals surface area contributed by atoms with Gasteiger partial charge in [-0.05, 0) is 46.9 Å². The fraction of sp³-hybridized carbons (Fsp3) is 0.300. The van der Waals surface area contributed by atoms with Crippen LogP contribution in [-0.2, 0) is 0 Å². The molecule has 14 heavy (non-hydrogen) atoms. The van der Waals surface area contributed by atoms with E-state index >= 15 is 0 Å². The molecule has 1 heterocycles. The van der Waals surface area contributed by atoms with Gasteiger partial charge in [-0.15, -0.1) is 11.3 Å². The van der Waals surface area contributed by atoms with E-state index in [1.165, 1.54) is 11.3 Å². The molecule has 1 aromatic heterocycles.